The van der Waals surface area contributed by atoms with Gasteiger partial charge in [-0.15, -0.1) is 0 Å². The molecule has 0 aliphatic carbocycles. The minimum absolute atomic E-state index is 0.241. The number of aryl methyl sites for hydroxylation is 1. The molecule has 4 heteroatoms. The van der Waals surface area contributed by atoms with Crippen molar-refractivity contribution in [3.8, 4) is 11.5 Å². The van der Waals surface area contributed by atoms with E-state index in [9.17, 15) is 4.79 Å². The number of hydrogen-bond acceptors (Lipinski definition) is 4. The van der Waals surface area contributed by atoms with Crippen molar-refractivity contribution in [1.29, 1.82) is 0 Å². The van der Waals surface area contributed by atoms with Crippen LogP contribution in [0.4, 0.5) is 0 Å². The molecule has 4 nitrogen and oxygen atoms in total. The van der Waals surface area contributed by atoms with Crippen LogP contribution >= 0.6 is 0 Å². The zero-order chi connectivity index (χ0) is 11.7. The van der Waals surface area contributed by atoms with Gasteiger partial charge in [0.1, 0.15) is 0 Å². The first-order valence-electron chi connectivity index (χ1n) is 5.11. The average molecular weight is 222 g/mol. The van der Waals surface area contributed by atoms with Crippen molar-refractivity contribution in [1.82, 2.24) is 0 Å². The number of hydrogen-bond donors (Lipinski definition) is 0. The average Bonchev–Trinajstić information content (AvgIpc) is 2.72. The standard InChI is InChI=1S/C12H14O4/c1-7-4-10-11(16-6-15-10)5-9(7)8(2)12(13)14-3/h4-5,8H,6H2,1-3H3. The van der Waals surface area contributed by atoms with E-state index in [1.807, 2.05) is 26.0 Å². The largest absolute Gasteiger partial charge is 0.469 e. The van der Waals surface area contributed by atoms with Gasteiger partial charge in [0.25, 0.3) is 0 Å². The number of fused-ring (bicyclic) bond motifs is 1. The van der Waals surface area contributed by atoms with Gasteiger partial charge in [0.2, 0.25) is 6.79 Å². The zero-order valence-corrected chi connectivity index (χ0v) is 9.57. The van der Waals surface area contributed by atoms with Crippen molar-refractivity contribution in [2.24, 2.45) is 0 Å². The second-order valence-electron chi connectivity index (χ2n) is 3.81. The molecule has 0 radical (unpaired) electrons. The molecule has 16 heavy (non-hydrogen) atoms. The fraction of sp³-hybridized carbons (Fsp3) is 0.417. The second kappa shape index (κ2) is 4.04. The number of carbonyl (C=O) groups excluding carboxylic acids is 1. The maximum absolute atomic E-state index is 11.5. The summed E-state index contributed by atoms with van der Waals surface area (Å²) in [5.74, 6) is 0.885. The van der Waals surface area contributed by atoms with Gasteiger partial charge in [0.05, 0.1) is 13.0 Å². The molecule has 0 fully saturated rings. The molecule has 2 rings (SSSR count). The molecule has 0 saturated heterocycles. The zero-order valence-electron chi connectivity index (χ0n) is 9.57. The summed E-state index contributed by atoms with van der Waals surface area (Å²) in [6.45, 7) is 4.00. The molecule has 0 spiro atoms. The topological polar surface area (TPSA) is 44.8 Å². The predicted octanol–water partition coefficient (Wildman–Crippen LogP) is 2.00. The van der Waals surface area contributed by atoms with Crippen LogP contribution in [0, 0.1) is 6.92 Å². The van der Waals surface area contributed by atoms with Crippen molar-refractivity contribution in [2.45, 2.75) is 19.8 Å². The molecule has 1 heterocycles. The Bertz CT molecular complexity index is 425. The molecule has 1 aliphatic heterocycles. The molecule has 0 bridgehead atoms. The van der Waals surface area contributed by atoms with E-state index in [1.54, 1.807) is 0 Å². The number of benzene rings is 1. The molecule has 1 aromatic rings. The summed E-state index contributed by atoms with van der Waals surface area (Å²) >= 11 is 0. The molecule has 1 unspecified atom stereocenters. The summed E-state index contributed by atoms with van der Waals surface area (Å²) < 4.78 is 15.3. The highest BCUT2D eigenvalue weighted by Crippen LogP contribution is 2.37. The Hall–Kier alpha value is -1.71. The highest BCUT2D eigenvalue weighted by Gasteiger charge is 2.22. The molecule has 0 N–H and O–H groups in total. The van der Waals surface area contributed by atoms with Crippen LogP contribution in [0.5, 0.6) is 11.5 Å². The van der Waals surface area contributed by atoms with Crippen LogP contribution in [0.1, 0.15) is 24.0 Å². The summed E-state index contributed by atoms with van der Waals surface area (Å²) in [4.78, 5) is 11.5. The predicted molar refractivity (Wildman–Crippen MR) is 57.7 cm³/mol. The first kappa shape index (κ1) is 10.8. The lowest BCUT2D eigenvalue weighted by Crippen LogP contribution is -2.11. The Balaban J connectivity index is 2.38. The summed E-state index contributed by atoms with van der Waals surface area (Å²) in [5.41, 5.74) is 1.92. The van der Waals surface area contributed by atoms with Crippen LogP contribution in [0.3, 0.4) is 0 Å². The summed E-state index contributed by atoms with van der Waals surface area (Å²) in [6, 6.07) is 3.73. The molecular weight excluding hydrogens is 208 g/mol. The highest BCUT2D eigenvalue weighted by molar-refractivity contribution is 5.78. The Morgan fingerprint density at radius 1 is 1.38 bits per heavy atom. The Kier molecular flexibility index (Phi) is 2.73. The summed E-state index contributed by atoms with van der Waals surface area (Å²) in [6.07, 6.45) is 0. The molecule has 0 amide bonds. The number of methoxy groups -OCH3 is 1. The Labute approximate surface area is 94.1 Å². The molecular formula is C12H14O4. The molecule has 1 atom stereocenters. The summed E-state index contributed by atoms with van der Waals surface area (Å²) in [5, 5.41) is 0. The molecule has 86 valence electrons. The lowest BCUT2D eigenvalue weighted by molar-refractivity contribution is -0.142. The van der Waals surface area contributed by atoms with Crippen LogP contribution in [-0.2, 0) is 9.53 Å². The Morgan fingerprint density at radius 2 is 2.00 bits per heavy atom. The van der Waals surface area contributed by atoms with E-state index in [0.717, 1.165) is 16.9 Å². The van der Waals surface area contributed by atoms with E-state index >= 15 is 0 Å². The van der Waals surface area contributed by atoms with Gasteiger partial charge in [0, 0.05) is 0 Å². The van der Waals surface area contributed by atoms with Crippen molar-refractivity contribution >= 4 is 5.97 Å². The van der Waals surface area contributed by atoms with E-state index in [0.29, 0.717) is 5.75 Å². The Morgan fingerprint density at radius 3 is 2.62 bits per heavy atom. The van der Waals surface area contributed by atoms with Crippen LogP contribution in [0.2, 0.25) is 0 Å². The fourth-order valence-corrected chi connectivity index (χ4v) is 1.83. The number of esters is 1. The quantitative estimate of drug-likeness (QED) is 0.718. The molecule has 0 saturated carbocycles. The van der Waals surface area contributed by atoms with Gasteiger partial charge in [-0.2, -0.15) is 0 Å². The van der Waals surface area contributed by atoms with Gasteiger partial charge in [-0.25, -0.2) is 0 Å². The highest BCUT2D eigenvalue weighted by atomic mass is 16.7. The molecule has 0 aromatic heterocycles. The van der Waals surface area contributed by atoms with Crippen LogP contribution in [0.25, 0.3) is 0 Å². The van der Waals surface area contributed by atoms with Crippen molar-refractivity contribution < 1.29 is 19.0 Å². The van der Waals surface area contributed by atoms with E-state index in [4.69, 9.17) is 14.2 Å². The summed E-state index contributed by atoms with van der Waals surface area (Å²) in [7, 11) is 1.39. The number of ether oxygens (including phenoxy) is 3. The lowest BCUT2D eigenvalue weighted by atomic mass is 9.96. The normalized spacial score (nSPS) is 14.7. The first-order chi connectivity index (χ1) is 7.63. The minimum Gasteiger partial charge on any atom is -0.469 e. The SMILES string of the molecule is COC(=O)C(C)c1cc2c(cc1C)OCO2. The van der Waals surface area contributed by atoms with Crippen molar-refractivity contribution in [3.63, 3.8) is 0 Å². The van der Waals surface area contributed by atoms with Gasteiger partial charge < -0.3 is 14.2 Å². The number of carbonyl (C=O) groups is 1. The van der Waals surface area contributed by atoms with Crippen molar-refractivity contribution in [2.75, 3.05) is 13.9 Å². The third kappa shape index (κ3) is 1.71. The maximum Gasteiger partial charge on any atom is 0.312 e. The van der Waals surface area contributed by atoms with Crippen LogP contribution in [0.15, 0.2) is 12.1 Å². The smallest absolute Gasteiger partial charge is 0.312 e. The number of rotatable bonds is 2. The van der Waals surface area contributed by atoms with Gasteiger partial charge in [-0.1, -0.05) is 0 Å². The third-order valence-corrected chi connectivity index (χ3v) is 2.78. The van der Waals surface area contributed by atoms with Crippen LogP contribution in [-0.4, -0.2) is 19.9 Å². The van der Waals surface area contributed by atoms with E-state index in [1.165, 1.54) is 7.11 Å². The van der Waals surface area contributed by atoms with Crippen LogP contribution < -0.4 is 9.47 Å². The molecule has 1 aliphatic rings. The van der Waals surface area contributed by atoms with Crippen molar-refractivity contribution in [3.05, 3.63) is 23.3 Å². The lowest BCUT2D eigenvalue weighted by Gasteiger charge is -2.13. The van der Waals surface area contributed by atoms with E-state index < -0.39 is 0 Å². The first-order valence-corrected chi connectivity index (χ1v) is 5.11. The van der Waals surface area contributed by atoms with E-state index in [2.05, 4.69) is 0 Å². The fourth-order valence-electron chi connectivity index (χ4n) is 1.83. The monoisotopic (exact) mass is 222 g/mol. The van der Waals surface area contributed by atoms with Gasteiger partial charge >= 0.3 is 5.97 Å². The maximum atomic E-state index is 11.5. The third-order valence-electron chi connectivity index (χ3n) is 2.78. The second-order valence-corrected chi connectivity index (χ2v) is 3.81. The van der Waals surface area contributed by atoms with Gasteiger partial charge in [0.15, 0.2) is 11.5 Å². The molecule has 1 aromatic carbocycles. The van der Waals surface area contributed by atoms with E-state index in [-0.39, 0.29) is 18.7 Å². The van der Waals surface area contributed by atoms with Gasteiger partial charge in [-0.3, -0.25) is 4.79 Å². The minimum atomic E-state index is -0.292. The van der Waals surface area contributed by atoms with Gasteiger partial charge in [-0.05, 0) is 37.1 Å².